The van der Waals surface area contributed by atoms with Crippen LogP contribution < -0.4 is 8.43 Å². The molecule has 61 heavy (non-hydrogen) atoms. The van der Waals surface area contributed by atoms with Gasteiger partial charge in [-0.05, 0) is 168 Å². The van der Waals surface area contributed by atoms with Crippen molar-refractivity contribution < 1.29 is 52.8 Å². The van der Waals surface area contributed by atoms with Crippen LogP contribution in [0.3, 0.4) is 0 Å². The number of halogens is 3. The van der Waals surface area contributed by atoms with Crippen LogP contribution in [-0.4, -0.2) is 43.6 Å². The summed E-state index contributed by atoms with van der Waals surface area (Å²) in [6.45, 7) is 7.27. The fraction of sp³-hybridized carbons (Fsp3) is 0.333. The van der Waals surface area contributed by atoms with Crippen molar-refractivity contribution in [2.24, 2.45) is 0 Å². The molecule has 11 nitrogen and oxygen atoms in total. The molecule has 1 N–H and O–H groups in total. The van der Waals surface area contributed by atoms with E-state index < -0.39 is 63.3 Å². The number of nitrogens with one attached hydrogen (secondary N) is 1. The molecule has 0 atom stereocenters. The topological polar surface area (TPSA) is 161 Å². The third-order valence-corrected chi connectivity index (χ3v) is 19.0. The lowest BCUT2D eigenvalue weighted by Gasteiger charge is -2.25. The summed E-state index contributed by atoms with van der Waals surface area (Å²) < 4.78 is 131. The van der Waals surface area contributed by atoms with Crippen molar-refractivity contribution in [3.8, 4) is 0 Å². The molecule has 2 aliphatic carbocycles. The number of carbonyl (C=O) groups is 2. The Kier molecular flexibility index (Phi) is 13.6. The molecular formula is C42H43F3N2O9S5. The number of sulfonamides is 3. The highest BCUT2D eigenvalue weighted by Gasteiger charge is 2.44. The van der Waals surface area contributed by atoms with Crippen LogP contribution in [0.4, 0.5) is 23.2 Å². The molecule has 0 fully saturated rings. The minimum Gasteiger partial charge on any atom is -0.462 e. The van der Waals surface area contributed by atoms with Gasteiger partial charge >= 0.3 is 5.97 Å². The Morgan fingerprint density at radius 3 is 1.52 bits per heavy atom. The molecule has 0 saturated heterocycles. The Morgan fingerprint density at radius 1 is 0.656 bits per heavy atom. The van der Waals surface area contributed by atoms with Crippen molar-refractivity contribution in [2.45, 2.75) is 101 Å². The average molecular weight is 937 g/mol. The van der Waals surface area contributed by atoms with Gasteiger partial charge in [0.25, 0.3) is 30.1 Å². The van der Waals surface area contributed by atoms with Gasteiger partial charge < -0.3 is 4.74 Å². The van der Waals surface area contributed by atoms with E-state index in [1.54, 1.807) is 13.8 Å². The number of carbonyl (C=O) groups excluding carboxylic acids is 2. The van der Waals surface area contributed by atoms with Crippen molar-refractivity contribution in [1.29, 1.82) is 0 Å². The van der Waals surface area contributed by atoms with Crippen LogP contribution >= 0.6 is 22.7 Å². The van der Waals surface area contributed by atoms with E-state index in [4.69, 9.17) is 4.74 Å². The number of hydrogen-bond acceptors (Lipinski definition) is 11. The molecule has 0 unspecified atom stereocenters. The summed E-state index contributed by atoms with van der Waals surface area (Å²) in [5.41, 5.74) is 2.20. The van der Waals surface area contributed by atoms with Gasteiger partial charge in [0.05, 0.1) is 32.4 Å². The van der Waals surface area contributed by atoms with E-state index in [1.165, 1.54) is 44.2 Å². The summed E-state index contributed by atoms with van der Waals surface area (Å²) in [5, 5.41) is 0.0518. The number of esters is 1. The average Bonchev–Trinajstić information content (AvgIpc) is 3.72. The second-order valence-corrected chi connectivity index (χ2v) is 22.2. The van der Waals surface area contributed by atoms with Crippen LogP contribution in [0.1, 0.15) is 97.8 Å². The van der Waals surface area contributed by atoms with Crippen molar-refractivity contribution in [2.75, 3.05) is 15.0 Å². The van der Waals surface area contributed by atoms with Gasteiger partial charge in [-0.15, -0.1) is 26.4 Å². The lowest BCUT2D eigenvalue weighted by molar-refractivity contribution is 0.0526. The second-order valence-electron chi connectivity index (χ2n) is 14.6. The third kappa shape index (κ3) is 9.31. The van der Waals surface area contributed by atoms with E-state index in [2.05, 4.69) is 4.72 Å². The Balaban J connectivity index is 0.000000223. The Hall–Kier alpha value is -4.56. The predicted octanol–water partition coefficient (Wildman–Crippen LogP) is 9.36. The van der Waals surface area contributed by atoms with E-state index in [0.29, 0.717) is 39.4 Å². The molecule has 5 aromatic rings. The monoisotopic (exact) mass is 936 g/mol. The fourth-order valence-electron chi connectivity index (χ4n) is 7.53. The number of nitrogens with zero attached hydrogens (tertiary/aromatic N) is 1. The third-order valence-electron chi connectivity index (χ3n) is 10.2. The summed E-state index contributed by atoms with van der Waals surface area (Å²) >= 11 is 2.24. The summed E-state index contributed by atoms with van der Waals surface area (Å²) in [4.78, 5) is 26.1. The molecule has 0 saturated carbocycles. The summed E-state index contributed by atoms with van der Waals surface area (Å²) in [5.74, 6) is -2.84. The number of benzene rings is 3. The SMILES string of the molecule is CC(=O)c1c(NS(=O)(=O)c2ccc(F)cc2C)sc2c1CCCC2.CCOC(=O)c1c(N(S(=O)(=O)c2ccc(F)cc2C)S(=O)(=O)c2ccc(F)cc2C)sc2c1CCCC2. The van der Waals surface area contributed by atoms with Crippen molar-refractivity contribution in [3.05, 3.63) is 121 Å². The van der Waals surface area contributed by atoms with E-state index in [-0.39, 0.29) is 42.7 Å². The van der Waals surface area contributed by atoms with Crippen LogP contribution in [0.15, 0.2) is 69.3 Å². The molecule has 326 valence electrons. The number of ketones is 1. The molecule has 2 aromatic heterocycles. The van der Waals surface area contributed by atoms with Crippen LogP contribution in [-0.2, 0) is 60.5 Å². The van der Waals surface area contributed by atoms with Crippen LogP contribution in [0.25, 0.3) is 0 Å². The first-order valence-electron chi connectivity index (χ1n) is 19.3. The molecule has 0 amide bonds. The molecule has 0 aliphatic heterocycles. The first-order chi connectivity index (χ1) is 28.7. The number of aryl methyl sites for hydroxylation is 5. The maximum Gasteiger partial charge on any atom is 0.341 e. The maximum atomic E-state index is 14.1. The number of ether oxygens (including phenoxy) is 1. The lowest BCUT2D eigenvalue weighted by atomic mass is 9.94. The van der Waals surface area contributed by atoms with Gasteiger partial charge in [-0.1, -0.05) is 0 Å². The van der Waals surface area contributed by atoms with Gasteiger partial charge in [0.15, 0.2) is 5.78 Å². The van der Waals surface area contributed by atoms with E-state index in [9.17, 15) is 48.0 Å². The van der Waals surface area contributed by atoms with Crippen LogP contribution in [0.5, 0.6) is 0 Å². The molecule has 3 aromatic carbocycles. The Morgan fingerprint density at radius 2 is 1.08 bits per heavy atom. The molecule has 2 aliphatic rings. The van der Waals surface area contributed by atoms with Crippen LogP contribution in [0, 0.1) is 38.2 Å². The second kappa shape index (κ2) is 18.0. The van der Waals surface area contributed by atoms with Gasteiger partial charge in [-0.2, -0.15) is 16.8 Å². The lowest BCUT2D eigenvalue weighted by Crippen LogP contribution is -2.38. The number of anilines is 2. The zero-order valence-corrected chi connectivity index (χ0v) is 37.9. The van der Waals surface area contributed by atoms with Crippen LogP contribution in [0.2, 0.25) is 0 Å². The highest BCUT2D eigenvalue weighted by Crippen LogP contribution is 2.45. The largest absolute Gasteiger partial charge is 0.462 e. The maximum absolute atomic E-state index is 14.1. The molecule has 7 rings (SSSR count). The highest BCUT2D eigenvalue weighted by molar-refractivity contribution is 8.10. The minimum absolute atomic E-state index is 0.00344. The summed E-state index contributed by atoms with van der Waals surface area (Å²) in [6, 6.07) is 9.30. The quantitative estimate of drug-likeness (QED) is 0.101. The minimum atomic E-state index is -4.92. The summed E-state index contributed by atoms with van der Waals surface area (Å²) in [6.07, 6.45) is 6.27. The highest BCUT2D eigenvalue weighted by atomic mass is 32.3. The number of fused-ring (bicyclic) bond motifs is 2. The number of hydrogen-bond donors (Lipinski definition) is 1. The Labute approximate surface area is 361 Å². The normalized spacial score (nSPS) is 14.0. The van der Waals surface area contributed by atoms with Crippen molar-refractivity contribution >= 4 is 74.5 Å². The molecule has 0 bridgehead atoms. The van der Waals surface area contributed by atoms with E-state index >= 15 is 0 Å². The standard InChI is InChI=1S/C25H25F2NO6S3.C17H18FNO3S2/c1-4-34-25(29)23-19-7-5-6-8-20(19)35-24(23)28(36(30,31)21-11-9-17(26)13-15(21)2)37(32,33)22-12-10-18(27)14-16(22)3;1-10-9-12(18)7-8-15(10)24(21,22)19-17-16(11(2)20)13-5-3-4-6-14(13)23-17/h9-14H,4-8H2,1-3H3;7-9,19H,3-6H2,1-2H3. The number of rotatable bonds is 11. The van der Waals surface area contributed by atoms with Gasteiger partial charge in [0.2, 0.25) is 0 Å². The molecule has 0 radical (unpaired) electrons. The van der Waals surface area contributed by atoms with Gasteiger partial charge in [0.1, 0.15) is 27.5 Å². The van der Waals surface area contributed by atoms with Crippen molar-refractivity contribution in [1.82, 2.24) is 0 Å². The zero-order valence-electron chi connectivity index (χ0n) is 33.9. The molecular weight excluding hydrogens is 894 g/mol. The van der Waals surface area contributed by atoms with Gasteiger partial charge in [-0.3, -0.25) is 9.52 Å². The summed E-state index contributed by atoms with van der Waals surface area (Å²) in [7, 11) is -13.7. The smallest absolute Gasteiger partial charge is 0.341 e. The predicted molar refractivity (Wildman–Crippen MR) is 229 cm³/mol. The Bertz CT molecular complexity index is 2810. The van der Waals surface area contributed by atoms with Crippen molar-refractivity contribution in [3.63, 3.8) is 0 Å². The number of thiophene rings is 2. The molecule has 0 spiro atoms. The van der Waals surface area contributed by atoms with Gasteiger partial charge in [-0.25, -0.2) is 26.4 Å². The fourth-order valence-corrected chi connectivity index (χ4v) is 16.3. The first kappa shape index (κ1) is 46.0. The first-order valence-corrected chi connectivity index (χ1v) is 25.3. The van der Waals surface area contributed by atoms with E-state index in [1.807, 2.05) is 0 Å². The zero-order chi connectivity index (χ0) is 44.6. The number of Topliss-reactive ketones (excluding diaryl/α,β-unsaturated/α-hetero) is 1. The molecule has 19 heteroatoms. The molecule has 2 heterocycles. The van der Waals surface area contributed by atoms with Gasteiger partial charge in [0, 0.05) is 9.75 Å². The van der Waals surface area contributed by atoms with E-state index in [0.717, 1.165) is 103 Å².